The van der Waals surface area contributed by atoms with Crippen LogP contribution in [-0.4, -0.2) is 16.9 Å². The molecule has 1 saturated carbocycles. The fourth-order valence-corrected chi connectivity index (χ4v) is 4.64. The van der Waals surface area contributed by atoms with Crippen LogP contribution in [0.15, 0.2) is 24.3 Å². The number of carbonyl (C=O) groups excluding carboxylic acids is 1. The molecule has 2 rings (SSSR count). The second-order valence-electron chi connectivity index (χ2n) is 8.49. The molecule has 0 radical (unpaired) electrons. The number of alkyl halides is 2. The zero-order valence-corrected chi connectivity index (χ0v) is 17.8. The van der Waals surface area contributed by atoms with E-state index in [2.05, 4.69) is 0 Å². The Morgan fingerprint density at radius 3 is 2.24 bits per heavy atom. The first-order valence-electron chi connectivity index (χ1n) is 10.9. The molecule has 1 aliphatic carbocycles. The molecular weight excluding hydrogens is 374 g/mol. The highest BCUT2D eigenvalue weighted by Crippen LogP contribution is 2.42. The fourth-order valence-electron chi connectivity index (χ4n) is 4.64. The maximum atomic E-state index is 14.3. The first kappa shape index (κ1) is 23.5. The summed E-state index contributed by atoms with van der Waals surface area (Å²) in [7, 11) is 0. The van der Waals surface area contributed by atoms with E-state index in [0.717, 1.165) is 25.7 Å². The summed E-state index contributed by atoms with van der Waals surface area (Å²) >= 11 is 0. The van der Waals surface area contributed by atoms with Gasteiger partial charge in [0, 0.05) is 24.8 Å². The van der Waals surface area contributed by atoms with Crippen molar-refractivity contribution >= 4 is 11.8 Å². The molecule has 1 N–H and O–H groups in total. The van der Waals surface area contributed by atoms with Gasteiger partial charge in [0.1, 0.15) is 5.78 Å². The summed E-state index contributed by atoms with van der Waals surface area (Å²) in [5, 5.41) is 9.51. The Balaban J connectivity index is 2.00. The van der Waals surface area contributed by atoms with Gasteiger partial charge < -0.3 is 5.11 Å². The zero-order chi connectivity index (χ0) is 21.6. The molecule has 0 bridgehead atoms. The molecule has 3 nitrogen and oxygen atoms in total. The molecule has 0 saturated heterocycles. The van der Waals surface area contributed by atoms with E-state index in [4.69, 9.17) is 0 Å². The van der Waals surface area contributed by atoms with Crippen LogP contribution in [0.3, 0.4) is 0 Å². The van der Waals surface area contributed by atoms with E-state index in [1.165, 1.54) is 13.0 Å². The van der Waals surface area contributed by atoms with Crippen LogP contribution < -0.4 is 0 Å². The van der Waals surface area contributed by atoms with Gasteiger partial charge in [0.25, 0.3) is 5.92 Å². The van der Waals surface area contributed by atoms with Crippen LogP contribution in [0.4, 0.5) is 8.78 Å². The highest BCUT2D eigenvalue weighted by Gasteiger charge is 2.37. The molecule has 1 fully saturated rings. The van der Waals surface area contributed by atoms with Gasteiger partial charge in [-0.15, -0.1) is 0 Å². The Morgan fingerprint density at radius 1 is 1.10 bits per heavy atom. The summed E-state index contributed by atoms with van der Waals surface area (Å²) in [4.78, 5) is 24.2. The number of Topliss-reactive ketones (excluding diaryl/α,β-unsaturated/α-hetero) is 1. The lowest BCUT2D eigenvalue weighted by atomic mass is 9.67. The highest BCUT2D eigenvalue weighted by molar-refractivity contribution is 5.84. The monoisotopic (exact) mass is 408 g/mol. The Bertz CT molecular complexity index is 697. The Hall–Kier alpha value is -1.78. The Labute approximate surface area is 172 Å². The lowest BCUT2D eigenvalue weighted by Gasteiger charge is -2.37. The first-order chi connectivity index (χ1) is 13.7. The third-order valence-corrected chi connectivity index (χ3v) is 6.78. The maximum absolute atomic E-state index is 14.3. The SMILES string of the molecule is CCC(CC)C(CC(=O)CC1CCC1Cc1ccccc1C(F)(F)CC)C(=O)O. The Kier molecular flexibility index (Phi) is 8.35. The lowest BCUT2D eigenvalue weighted by molar-refractivity contribution is -0.146. The van der Waals surface area contributed by atoms with Gasteiger partial charge in [-0.2, -0.15) is 0 Å². The summed E-state index contributed by atoms with van der Waals surface area (Å²) in [5.41, 5.74) is 0.765. The molecule has 1 aromatic carbocycles. The standard InChI is InChI=1S/C24H34F2O3/c1-4-16(5-2)21(23(28)29)15-20(27)14-18-12-11-17(18)13-19-9-7-8-10-22(19)24(25,26)6-3/h7-10,16-18,21H,4-6,11-15H2,1-3H3,(H,28,29). The quantitative estimate of drug-likeness (QED) is 0.445. The number of carbonyl (C=O) groups is 2. The number of hydrogen-bond donors (Lipinski definition) is 1. The van der Waals surface area contributed by atoms with Crippen LogP contribution >= 0.6 is 0 Å². The highest BCUT2D eigenvalue weighted by atomic mass is 19.3. The number of aliphatic carboxylic acids is 1. The average molecular weight is 409 g/mol. The normalized spacial score (nSPS) is 20.3. The van der Waals surface area contributed by atoms with Crippen molar-refractivity contribution in [3.63, 3.8) is 0 Å². The van der Waals surface area contributed by atoms with Gasteiger partial charge >= 0.3 is 5.97 Å². The van der Waals surface area contributed by atoms with E-state index in [9.17, 15) is 23.5 Å². The third-order valence-electron chi connectivity index (χ3n) is 6.78. The molecule has 0 aromatic heterocycles. The fraction of sp³-hybridized carbons (Fsp3) is 0.667. The third kappa shape index (κ3) is 5.86. The minimum absolute atomic E-state index is 0.00817. The molecule has 0 aliphatic heterocycles. The number of carboxylic acid groups (broad SMARTS) is 1. The van der Waals surface area contributed by atoms with Crippen molar-refractivity contribution in [1.29, 1.82) is 0 Å². The molecule has 5 heteroatoms. The molecule has 1 aromatic rings. The summed E-state index contributed by atoms with van der Waals surface area (Å²) in [6, 6.07) is 6.71. The van der Waals surface area contributed by atoms with Crippen molar-refractivity contribution in [2.45, 2.75) is 78.1 Å². The first-order valence-corrected chi connectivity index (χ1v) is 10.9. The topological polar surface area (TPSA) is 54.4 Å². The second kappa shape index (κ2) is 10.3. The van der Waals surface area contributed by atoms with Gasteiger partial charge in [-0.3, -0.25) is 9.59 Å². The lowest BCUT2D eigenvalue weighted by Crippen LogP contribution is -2.32. The number of hydrogen-bond acceptors (Lipinski definition) is 2. The van der Waals surface area contributed by atoms with Crippen molar-refractivity contribution in [3.05, 3.63) is 35.4 Å². The minimum Gasteiger partial charge on any atom is -0.481 e. The summed E-state index contributed by atoms with van der Waals surface area (Å²) in [6.45, 7) is 5.40. The molecule has 3 unspecified atom stereocenters. The van der Waals surface area contributed by atoms with Crippen molar-refractivity contribution in [3.8, 4) is 0 Å². The molecule has 0 spiro atoms. The number of benzene rings is 1. The molecule has 162 valence electrons. The molecule has 0 amide bonds. The number of carboxylic acids is 1. The Morgan fingerprint density at radius 2 is 1.72 bits per heavy atom. The van der Waals surface area contributed by atoms with Crippen molar-refractivity contribution in [2.75, 3.05) is 0 Å². The van der Waals surface area contributed by atoms with Crippen LogP contribution in [0.2, 0.25) is 0 Å². The predicted molar refractivity (Wildman–Crippen MR) is 110 cm³/mol. The predicted octanol–water partition coefficient (Wildman–Crippen LogP) is 6.24. The molecule has 1 aliphatic rings. The van der Waals surface area contributed by atoms with Crippen molar-refractivity contribution in [1.82, 2.24) is 0 Å². The van der Waals surface area contributed by atoms with Gasteiger partial charge in [-0.1, -0.05) is 57.9 Å². The van der Waals surface area contributed by atoms with E-state index in [0.29, 0.717) is 18.4 Å². The number of ketones is 1. The second-order valence-corrected chi connectivity index (χ2v) is 8.49. The molecular formula is C24H34F2O3. The van der Waals surface area contributed by atoms with Gasteiger partial charge in [0.2, 0.25) is 0 Å². The zero-order valence-electron chi connectivity index (χ0n) is 17.8. The summed E-state index contributed by atoms with van der Waals surface area (Å²) in [5.74, 6) is -3.97. The van der Waals surface area contributed by atoms with Gasteiger partial charge in [-0.25, -0.2) is 8.78 Å². The van der Waals surface area contributed by atoms with Gasteiger partial charge in [0.05, 0.1) is 5.92 Å². The number of rotatable bonds is 12. The van der Waals surface area contributed by atoms with Gasteiger partial charge in [0.15, 0.2) is 0 Å². The van der Waals surface area contributed by atoms with Crippen LogP contribution in [0.1, 0.15) is 76.8 Å². The van der Waals surface area contributed by atoms with Crippen molar-refractivity contribution in [2.24, 2.45) is 23.7 Å². The van der Waals surface area contributed by atoms with E-state index in [1.807, 2.05) is 13.8 Å². The van der Waals surface area contributed by atoms with E-state index in [-0.39, 0.29) is 41.9 Å². The smallest absolute Gasteiger partial charge is 0.307 e. The van der Waals surface area contributed by atoms with E-state index >= 15 is 0 Å². The summed E-state index contributed by atoms with van der Waals surface area (Å²) in [6.07, 6.45) is 4.09. The molecule has 29 heavy (non-hydrogen) atoms. The van der Waals surface area contributed by atoms with Crippen LogP contribution in [-0.2, 0) is 21.9 Å². The maximum Gasteiger partial charge on any atom is 0.307 e. The van der Waals surface area contributed by atoms with Crippen molar-refractivity contribution < 1.29 is 23.5 Å². The summed E-state index contributed by atoms with van der Waals surface area (Å²) < 4.78 is 28.6. The van der Waals surface area contributed by atoms with E-state index in [1.54, 1.807) is 18.2 Å². The average Bonchev–Trinajstić information content (AvgIpc) is 2.69. The van der Waals surface area contributed by atoms with E-state index < -0.39 is 17.8 Å². The van der Waals surface area contributed by atoms with Gasteiger partial charge in [-0.05, 0) is 42.6 Å². The molecule has 0 heterocycles. The van der Waals surface area contributed by atoms with Crippen LogP contribution in [0, 0.1) is 23.7 Å². The molecule has 3 atom stereocenters. The largest absolute Gasteiger partial charge is 0.481 e. The number of halogens is 2. The minimum atomic E-state index is -2.84. The van der Waals surface area contributed by atoms with Crippen LogP contribution in [0.5, 0.6) is 0 Å². The van der Waals surface area contributed by atoms with Crippen LogP contribution in [0.25, 0.3) is 0 Å².